The van der Waals surface area contributed by atoms with E-state index < -0.39 is 26.0 Å². The van der Waals surface area contributed by atoms with E-state index in [4.69, 9.17) is 22.3 Å². The second-order valence-electron chi connectivity index (χ2n) is 15.3. The molecule has 62 heavy (non-hydrogen) atoms. The minimum Gasteiger partial charge on any atom is -0.507 e. The maximum Gasteiger partial charge on any atom is 0.149 e. The van der Waals surface area contributed by atoms with E-state index in [1.165, 1.54) is 12.1 Å². The van der Waals surface area contributed by atoms with Gasteiger partial charge in [0.1, 0.15) is 11.6 Å². The molecular formula is C58H45N3O. The maximum absolute atomic E-state index is 11.5. The molecule has 0 aliphatic carbocycles. The molecule has 0 saturated heterocycles. The topological polar surface area (TPSA) is 50.9 Å². The monoisotopic (exact) mass is 808 g/mol. The van der Waals surface area contributed by atoms with Gasteiger partial charge < -0.3 is 5.11 Å². The predicted molar refractivity (Wildman–Crippen MR) is 257 cm³/mol. The first-order valence-electron chi connectivity index (χ1n) is 24.9. The molecule has 0 amide bonds. The minimum absolute atomic E-state index is 0.0521. The minimum atomic E-state index is -3.48. The molecule has 10 aromatic rings. The highest BCUT2D eigenvalue weighted by molar-refractivity contribution is 5.98. The zero-order valence-corrected chi connectivity index (χ0v) is 33.5. The fourth-order valence-corrected chi connectivity index (χ4v) is 8.21. The summed E-state index contributed by atoms with van der Waals surface area (Å²) in [7, 11) is 0. The van der Waals surface area contributed by atoms with Gasteiger partial charge in [0.05, 0.1) is 28.0 Å². The molecule has 4 nitrogen and oxygen atoms in total. The Kier molecular flexibility index (Phi) is 7.58. The average molecular weight is 809 g/mol. The van der Waals surface area contributed by atoms with Crippen LogP contribution >= 0.6 is 0 Å². The number of pyridine rings is 1. The molecule has 2 heterocycles. The van der Waals surface area contributed by atoms with E-state index in [-0.39, 0.29) is 11.3 Å². The second kappa shape index (κ2) is 16.0. The Hall–Kier alpha value is -7.82. The number of aromatic hydroxyl groups is 1. The third-order valence-corrected chi connectivity index (χ3v) is 11.3. The molecule has 0 unspecified atom stereocenters. The molecule has 0 fully saturated rings. The molecule has 0 aliphatic rings. The van der Waals surface area contributed by atoms with Crippen molar-refractivity contribution in [1.82, 2.24) is 14.5 Å². The lowest BCUT2D eigenvalue weighted by Gasteiger charge is -2.23. The van der Waals surface area contributed by atoms with Crippen molar-refractivity contribution >= 4 is 11.0 Å². The summed E-state index contributed by atoms with van der Waals surface area (Å²) in [5, 5.41) is 11.5. The molecule has 0 radical (unpaired) electrons. The first kappa shape index (κ1) is 29.4. The Morgan fingerprint density at radius 3 is 1.73 bits per heavy atom. The van der Waals surface area contributed by atoms with Crippen LogP contribution in [-0.4, -0.2) is 19.6 Å². The second-order valence-corrected chi connectivity index (χ2v) is 15.3. The van der Waals surface area contributed by atoms with Gasteiger partial charge in [-0.05, 0) is 116 Å². The number of phenolic OH excluding ortho intramolecular Hbond substituents is 1. The molecule has 0 saturated carbocycles. The van der Waals surface area contributed by atoms with Crippen molar-refractivity contribution in [2.24, 2.45) is 0 Å². The van der Waals surface area contributed by atoms with Gasteiger partial charge >= 0.3 is 0 Å². The van der Waals surface area contributed by atoms with Crippen molar-refractivity contribution in [2.45, 2.75) is 26.0 Å². The van der Waals surface area contributed by atoms with E-state index in [9.17, 15) is 5.11 Å². The van der Waals surface area contributed by atoms with Crippen LogP contribution in [0.1, 0.15) is 38.5 Å². The van der Waals surface area contributed by atoms with Gasteiger partial charge in [-0.2, -0.15) is 0 Å². The number of nitrogens with zero attached hydrogens (tertiary/aromatic N) is 3. The van der Waals surface area contributed by atoms with Crippen LogP contribution in [0.25, 0.3) is 95.0 Å². The average Bonchev–Trinajstić information content (AvgIpc) is 3.75. The fourth-order valence-electron chi connectivity index (χ4n) is 8.21. The summed E-state index contributed by atoms with van der Waals surface area (Å²) in [4.78, 5) is 10.2. The van der Waals surface area contributed by atoms with Crippen molar-refractivity contribution < 1.29 is 17.4 Å². The number of imidazole rings is 1. The zero-order valence-electron chi connectivity index (χ0n) is 42.5. The van der Waals surface area contributed by atoms with Gasteiger partial charge in [-0.15, -0.1) is 0 Å². The number of benzene rings is 8. The molecule has 0 atom stereocenters. The Bertz CT molecular complexity index is 3510. The molecule has 10 rings (SSSR count). The summed E-state index contributed by atoms with van der Waals surface area (Å²) < 4.78 is 78.6. The van der Waals surface area contributed by atoms with Crippen molar-refractivity contribution in [3.8, 4) is 89.7 Å². The van der Waals surface area contributed by atoms with Gasteiger partial charge in [-0.3, -0.25) is 9.55 Å². The van der Waals surface area contributed by atoms with Gasteiger partial charge in [-0.25, -0.2) is 4.98 Å². The van der Waals surface area contributed by atoms with E-state index in [1.807, 2.05) is 77.5 Å². The van der Waals surface area contributed by atoms with E-state index in [0.717, 1.165) is 55.8 Å². The fraction of sp³-hybridized carbons (Fsp3) is 0.0690. The summed E-state index contributed by atoms with van der Waals surface area (Å²) in [6, 6.07) is 65.0. The summed E-state index contributed by atoms with van der Waals surface area (Å²) in [6.07, 6.45) is 1.82. The SMILES string of the molecule is [2H]C([2H])([2H])C(c1ccc(-n2c(-c3ccccc3O)nc3c(-c4cc(-c5ccccc5)cc(-c5cc(-c6ccc(-c7ccccc7)cc6)ccn5)c4)cccc32)c(-c2ccccc2)c1)(C([2H])([2H])[2H])C([2H])([2H])[2H]. The third-order valence-electron chi connectivity index (χ3n) is 11.3. The quantitative estimate of drug-likeness (QED) is 0.166. The van der Waals surface area contributed by atoms with Gasteiger partial charge in [0, 0.05) is 35.2 Å². The zero-order chi connectivity index (χ0) is 49.7. The highest BCUT2D eigenvalue weighted by atomic mass is 16.3. The van der Waals surface area contributed by atoms with E-state index in [0.29, 0.717) is 39.2 Å². The third kappa shape index (κ3) is 7.37. The maximum atomic E-state index is 11.5. The number of fused-ring (bicyclic) bond motifs is 1. The number of hydrogen-bond donors (Lipinski definition) is 1. The molecule has 0 spiro atoms. The highest BCUT2D eigenvalue weighted by Crippen LogP contribution is 2.42. The lowest BCUT2D eigenvalue weighted by molar-refractivity contribution is 0.477. The van der Waals surface area contributed by atoms with Crippen LogP contribution < -0.4 is 0 Å². The highest BCUT2D eigenvalue weighted by Gasteiger charge is 2.24. The van der Waals surface area contributed by atoms with Crippen molar-refractivity contribution in [3.05, 3.63) is 218 Å². The Morgan fingerprint density at radius 2 is 1.03 bits per heavy atom. The number of hydrogen-bond acceptors (Lipinski definition) is 3. The summed E-state index contributed by atoms with van der Waals surface area (Å²) in [6.45, 7) is -10.4. The first-order valence-corrected chi connectivity index (χ1v) is 20.4. The number of phenols is 1. The largest absolute Gasteiger partial charge is 0.507 e. The molecule has 8 aromatic carbocycles. The van der Waals surface area contributed by atoms with Gasteiger partial charge in [0.15, 0.2) is 0 Å². The molecule has 4 heteroatoms. The van der Waals surface area contributed by atoms with E-state index >= 15 is 0 Å². The van der Waals surface area contributed by atoms with Gasteiger partial charge in [0.2, 0.25) is 0 Å². The van der Waals surface area contributed by atoms with Crippen molar-refractivity contribution in [2.75, 3.05) is 0 Å². The lowest BCUT2D eigenvalue weighted by atomic mass is 9.85. The predicted octanol–water partition coefficient (Wildman–Crippen LogP) is 15.1. The van der Waals surface area contributed by atoms with Crippen LogP contribution in [0, 0.1) is 0 Å². The lowest BCUT2D eigenvalue weighted by Crippen LogP contribution is -2.12. The summed E-state index contributed by atoms with van der Waals surface area (Å²) >= 11 is 0. The standard InChI is InChI=1S/C58H45N3O/c1-58(2,3)48-30-31-53(51(38-48)43-20-11-6-12-21-43)61-54-24-15-23-49(56(54)60-57(61)50-22-13-14-25-55(50)62)46-34-45(40-18-9-5-10-19-40)35-47(36-46)52-37-44(32-33-59-52)42-28-26-41(27-29-42)39-16-7-4-8-17-39/h4-38,62H,1-3H3/i1D3,2D3,3D3. The van der Waals surface area contributed by atoms with E-state index in [2.05, 4.69) is 72.8 Å². The normalized spacial score (nSPS) is 14.3. The number of para-hydroxylation sites is 2. The summed E-state index contributed by atoms with van der Waals surface area (Å²) in [5.41, 5.74) is 8.71. The molecular weight excluding hydrogens is 755 g/mol. The van der Waals surface area contributed by atoms with Crippen LogP contribution in [-0.2, 0) is 5.41 Å². The number of rotatable bonds is 8. The first-order chi connectivity index (χ1) is 34.0. The van der Waals surface area contributed by atoms with Crippen molar-refractivity contribution in [3.63, 3.8) is 0 Å². The van der Waals surface area contributed by atoms with Crippen LogP contribution in [0.3, 0.4) is 0 Å². The smallest absolute Gasteiger partial charge is 0.149 e. The van der Waals surface area contributed by atoms with Crippen LogP contribution in [0.2, 0.25) is 0 Å². The Morgan fingerprint density at radius 1 is 0.452 bits per heavy atom. The molecule has 2 aromatic heterocycles. The molecule has 1 N–H and O–H groups in total. The molecule has 298 valence electrons. The molecule has 0 aliphatic heterocycles. The molecule has 0 bridgehead atoms. The number of aromatic nitrogens is 3. The van der Waals surface area contributed by atoms with E-state index in [1.54, 1.807) is 54.6 Å². The van der Waals surface area contributed by atoms with Crippen molar-refractivity contribution in [1.29, 1.82) is 0 Å². The Balaban J connectivity index is 1.20. The van der Waals surface area contributed by atoms with Crippen LogP contribution in [0.15, 0.2) is 212 Å². The van der Waals surface area contributed by atoms with Gasteiger partial charge in [-0.1, -0.05) is 166 Å². The summed E-state index contributed by atoms with van der Waals surface area (Å²) in [5.74, 6) is 0.278. The van der Waals surface area contributed by atoms with Gasteiger partial charge in [0.25, 0.3) is 0 Å². The van der Waals surface area contributed by atoms with Crippen LogP contribution in [0.4, 0.5) is 0 Å². The Labute approximate surface area is 375 Å². The van der Waals surface area contributed by atoms with Crippen LogP contribution in [0.5, 0.6) is 5.75 Å².